The van der Waals surface area contributed by atoms with Gasteiger partial charge < -0.3 is 9.47 Å². The van der Waals surface area contributed by atoms with Crippen molar-refractivity contribution >= 4 is 49.9 Å². The van der Waals surface area contributed by atoms with E-state index < -0.39 is 0 Å². The third-order valence-electron chi connectivity index (χ3n) is 8.80. The SMILES string of the molecule is c1ccc(-c2ccc(N(c3ccc(-n4nc5ccccc5n4)cc3)c3ccc(-n4c5ccccc5c5ccccc54)cc3)cc2)cc1. The fourth-order valence-electron chi connectivity index (χ4n) is 6.54. The van der Waals surface area contributed by atoms with Crippen LogP contribution in [0.1, 0.15) is 0 Å². The second-order valence-electron chi connectivity index (χ2n) is 11.6. The van der Waals surface area contributed by atoms with Gasteiger partial charge in [0.05, 0.1) is 16.7 Å². The number of nitrogens with zero attached hydrogens (tertiary/aromatic N) is 5. The van der Waals surface area contributed by atoms with Crippen molar-refractivity contribution in [1.29, 1.82) is 0 Å². The Kier molecular flexibility index (Phi) is 6.39. The molecule has 0 amide bonds. The first-order valence-electron chi connectivity index (χ1n) is 15.8. The maximum Gasteiger partial charge on any atom is 0.113 e. The summed E-state index contributed by atoms with van der Waals surface area (Å²) in [5.74, 6) is 0. The van der Waals surface area contributed by atoms with Crippen LogP contribution in [-0.2, 0) is 0 Å². The van der Waals surface area contributed by atoms with Gasteiger partial charge in [0.1, 0.15) is 11.0 Å². The summed E-state index contributed by atoms with van der Waals surface area (Å²) < 4.78 is 2.35. The van der Waals surface area contributed by atoms with E-state index in [-0.39, 0.29) is 0 Å². The largest absolute Gasteiger partial charge is 0.311 e. The zero-order chi connectivity index (χ0) is 31.2. The van der Waals surface area contributed by atoms with E-state index in [4.69, 9.17) is 0 Å². The highest BCUT2D eigenvalue weighted by molar-refractivity contribution is 6.09. The van der Waals surface area contributed by atoms with Crippen LogP contribution in [0.15, 0.2) is 176 Å². The second kappa shape index (κ2) is 11.2. The first-order valence-corrected chi connectivity index (χ1v) is 15.8. The van der Waals surface area contributed by atoms with Gasteiger partial charge in [-0.05, 0) is 96.1 Å². The Balaban J connectivity index is 1.13. The van der Waals surface area contributed by atoms with Gasteiger partial charge in [0.2, 0.25) is 0 Å². The van der Waals surface area contributed by atoms with Crippen molar-refractivity contribution in [3.05, 3.63) is 176 Å². The summed E-state index contributed by atoms with van der Waals surface area (Å²) in [6.07, 6.45) is 0. The molecule has 9 rings (SSSR count). The summed E-state index contributed by atoms with van der Waals surface area (Å²) in [6, 6.07) is 61.7. The predicted molar refractivity (Wildman–Crippen MR) is 193 cm³/mol. The van der Waals surface area contributed by atoms with Crippen molar-refractivity contribution in [3.63, 3.8) is 0 Å². The summed E-state index contributed by atoms with van der Waals surface area (Å²) in [5.41, 5.74) is 11.7. The fourth-order valence-corrected chi connectivity index (χ4v) is 6.54. The van der Waals surface area contributed by atoms with E-state index >= 15 is 0 Å². The van der Waals surface area contributed by atoms with Crippen molar-refractivity contribution in [2.24, 2.45) is 0 Å². The summed E-state index contributed by atoms with van der Waals surface area (Å²) in [5, 5.41) is 11.9. The van der Waals surface area contributed by atoms with Gasteiger partial charge >= 0.3 is 0 Å². The van der Waals surface area contributed by atoms with Crippen LogP contribution in [0.25, 0.3) is 55.3 Å². The number of para-hydroxylation sites is 2. The summed E-state index contributed by atoms with van der Waals surface area (Å²) >= 11 is 0. The Morgan fingerprint density at radius 1 is 0.362 bits per heavy atom. The smallest absolute Gasteiger partial charge is 0.113 e. The Morgan fingerprint density at radius 3 is 1.34 bits per heavy atom. The summed E-state index contributed by atoms with van der Waals surface area (Å²) in [7, 11) is 0. The van der Waals surface area contributed by atoms with Crippen LogP contribution in [0.2, 0.25) is 0 Å². The summed E-state index contributed by atoms with van der Waals surface area (Å²) in [6.45, 7) is 0. The van der Waals surface area contributed by atoms with Crippen molar-refractivity contribution in [1.82, 2.24) is 19.6 Å². The number of hydrogen-bond acceptors (Lipinski definition) is 3. The maximum absolute atomic E-state index is 4.68. The molecule has 2 heterocycles. The highest BCUT2D eigenvalue weighted by Gasteiger charge is 2.16. The molecule has 0 bridgehead atoms. The van der Waals surface area contributed by atoms with Crippen molar-refractivity contribution in [2.45, 2.75) is 0 Å². The van der Waals surface area contributed by atoms with Crippen LogP contribution in [0, 0.1) is 0 Å². The Labute approximate surface area is 272 Å². The average molecular weight is 604 g/mol. The third-order valence-corrected chi connectivity index (χ3v) is 8.80. The molecule has 0 radical (unpaired) electrons. The second-order valence-corrected chi connectivity index (χ2v) is 11.6. The van der Waals surface area contributed by atoms with Crippen molar-refractivity contribution < 1.29 is 0 Å². The zero-order valence-electron chi connectivity index (χ0n) is 25.5. The van der Waals surface area contributed by atoms with E-state index in [9.17, 15) is 0 Å². The van der Waals surface area contributed by atoms with E-state index in [0.717, 1.165) is 39.5 Å². The molecule has 222 valence electrons. The van der Waals surface area contributed by atoms with E-state index in [0.29, 0.717) is 0 Å². The monoisotopic (exact) mass is 603 g/mol. The Bertz CT molecular complexity index is 2410. The van der Waals surface area contributed by atoms with Gasteiger partial charge in [-0.15, -0.1) is 10.2 Å². The fraction of sp³-hybridized carbons (Fsp3) is 0. The molecule has 7 aromatic carbocycles. The molecule has 0 spiro atoms. The molecule has 9 aromatic rings. The normalized spacial score (nSPS) is 11.4. The topological polar surface area (TPSA) is 38.9 Å². The number of anilines is 3. The van der Waals surface area contributed by atoms with Crippen molar-refractivity contribution in [2.75, 3.05) is 4.90 Å². The lowest BCUT2D eigenvalue weighted by atomic mass is 10.0. The molecular weight excluding hydrogens is 574 g/mol. The van der Waals surface area contributed by atoms with Gasteiger partial charge in [0.25, 0.3) is 0 Å². The number of fused-ring (bicyclic) bond motifs is 4. The molecule has 0 aliphatic heterocycles. The molecular formula is C42H29N5. The van der Waals surface area contributed by atoms with Gasteiger partial charge in [-0.25, -0.2) is 0 Å². The van der Waals surface area contributed by atoms with E-state index in [1.807, 2.05) is 30.3 Å². The molecule has 0 saturated carbocycles. The van der Waals surface area contributed by atoms with Gasteiger partial charge in [0, 0.05) is 33.5 Å². The maximum atomic E-state index is 4.68. The highest BCUT2D eigenvalue weighted by atomic mass is 15.5. The number of rotatable bonds is 6. The molecule has 0 N–H and O–H groups in total. The van der Waals surface area contributed by atoms with Crippen LogP contribution >= 0.6 is 0 Å². The zero-order valence-corrected chi connectivity index (χ0v) is 25.5. The van der Waals surface area contributed by atoms with Gasteiger partial charge in [-0.2, -0.15) is 4.80 Å². The van der Waals surface area contributed by atoms with Crippen LogP contribution < -0.4 is 4.90 Å². The molecule has 0 aliphatic rings. The van der Waals surface area contributed by atoms with Gasteiger partial charge in [-0.1, -0.05) is 91.0 Å². The molecule has 0 atom stereocenters. The predicted octanol–water partition coefficient (Wildman–Crippen LogP) is 10.7. The Hall–Kier alpha value is -6.46. The lowest BCUT2D eigenvalue weighted by molar-refractivity contribution is 0.766. The highest BCUT2D eigenvalue weighted by Crippen LogP contribution is 2.38. The van der Waals surface area contributed by atoms with E-state index in [1.165, 1.54) is 32.9 Å². The standard InChI is InChI=1S/C42H29N5/c1-2-10-30(11-3-1)31-18-20-32(21-19-31)45(34-26-28-36(29-27-34)47-43-39-14-6-7-15-40(39)44-47)33-22-24-35(25-23-33)46-41-16-8-4-12-37(41)38-13-5-9-17-42(38)46/h1-29H. The third kappa shape index (κ3) is 4.73. The molecule has 5 nitrogen and oxygen atoms in total. The molecule has 0 aliphatic carbocycles. The average Bonchev–Trinajstić information content (AvgIpc) is 3.73. The molecule has 0 saturated heterocycles. The van der Waals surface area contributed by atoms with Crippen LogP contribution in [0.5, 0.6) is 0 Å². The van der Waals surface area contributed by atoms with Crippen LogP contribution in [-0.4, -0.2) is 19.6 Å². The molecule has 5 heteroatoms. The van der Waals surface area contributed by atoms with Crippen LogP contribution in [0.4, 0.5) is 17.1 Å². The first kappa shape index (κ1) is 26.9. The van der Waals surface area contributed by atoms with Crippen molar-refractivity contribution in [3.8, 4) is 22.5 Å². The van der Waals surface area contributed by atoms with E-state index in [1.54, 1.807) is 4.80 Å². The minimum absolute atomic E-state index is 0.875. The van der Waals surface area contributed by atoms with Gasteiger partial charge in [0.15, 0.2) is 0 Å². The molecule has 0 unspecified atom stereocenters. The van der Waals surface area contributed by atoms with Gasteiger partial charge in [-0.3, -0.25) is 0 Å². The minimum atomic E-state index is 0.875. The lowest BCUT2D eigenvalue weighted by Crippen LogP contribution is -2.10. The number of hydrogen-bond donors (Lipinski definition) is 0. The minimum Gasteiger partial charge on any atom is -0.311 e. The number of benzene rings is 7. The molecule has 47 heavy (non-hydrogen) atoms. The van der Waals surface area contributed by atoms with Crippen LogP contribution in [0.3, 0.4) is 0 Å². The first-order chi connectivity index (χ1) is 23.3. The lowest BCUT2D eigenvalue weighted by Gasteiger charge is -2.26. The Morgan fingerprint density at radius 2 is 0.787 bits per heavy atom. The molecule has 0 fully saturated rings. The number of aromatic nitrogens is 4. The molecule has 2 aromatic heterocycles. The summed E-state index contributed by atoms with van der Waals surface area (Å²) in [4.78, 5) is 4.00. The van der Waals surface area contributed by atoms with E-state index in [2.05, 4.69) is 165 Å². The quantitative estimate of drug-likeness (QED) is 0.190.